The van der Waals surface area contributed by atoms with Crippen molar-refractivity contribution in [2.75, 3.05) is 13.3 Å². The summed E-state index contributed by atoms with van der Waals surface area (Å²) in [5.74, 6) is 1.44. The lowest BCUT2D eigenvalue weighted by molar-refractivity contribution is -0.137. The molecule has 0 saturated carbocycles. The zero-order chi connectivity index (χ0) is 22.7. The third-order valence-electron chi connectivity index (χ3n) is 6.28. The lowest BCUT2D eigenvalue weighted by Gasteiger charge is -2.31. The number of ether oxygens (including phenoxy) is 2. The van der Waals surface area contributed by atoms with Gasteiger partial charge in [-0.1, -0.05) is 32.8 Å². The number of carbonyl (C=O) groups excluding carboxylic acids is 2. The van der Waals surface area contributed by atoms with E-state index in [4.69, 9.17) is 9.47 Å². The van der Waals surface area contributed by atoms with E-state index in [2.05, 4.69) is 24.3 Å². The highest BCUT2D eigenvalue weighted by atomic mass is 16.7. The van der Waals surface area contributed by atoms with Crippen LogP contribution in [0, 0.1) is 5.92 Å². The molecule has 32 heavy (non-hydrogen) atoms. The first-order valence-corrected chi connectivity index (χ1v) is 11.5. The number of rotatable bonds is 8. The lowest BCUT2D eigenvalue weighted by Crippen LogP contribution is -2.40. The van der Waals surface area contributed by atoms with E-state index in [0.29, 0.717) is 43.2 Å². The van der Waals surface area contributed by atoms with E-state index in [-0.39, 0.29) is 24.5 Å². The number of aromatic nitrogens is 2. The molecule has 2 aromatic rings. The molecule has 0 saturated heterocycles. The van der Waals surface area contributed by atoms with Crippen molar-refractivity contribution in [3.63, 3.8) is 0 Å². The molecule has 0 radical (unpaired) electrons. The van der Waals surface area contributed by atoms with Gasteiger partial charge in [0.05, 0.1) is 0 Å². The summed E-state index contributed by atoms with van der Waals surface area (Å²) in [5, 5.41) is 7.46. The average molecular weight is 441 g/mol. The van der Waals surface area contributed by atoms with Gasteiger partial charge in [-0.05, 0) is 30.5 Å². The van der Waals surface area contributed by atoms with Gasteiger partial charge in [-0.15, -0.1) is 0 Å². The van der Waals surface area contributed by atoms with Crippen molar-refractivity contribution in [2.45, 2.75) is 59.0 Å². The standard InChI is InChI=1S/C24H32N4O4/c1-4-6-17(7-5-2)24(30)28-11-10-19-18(14-28)22(26-27(19)3)23(29)25-13-16-8-9-20-21(12-16)32-15-31-20/h8-9,12,17H,4-7,10-11,13-15H2,1-3H3,(H,25,29). The molecular weight excluding hydrogens is 408 g/mol. The topological polar surface area (TPSA) is 85.7 Å². The average Bonchev–Trinajstić information content (AvgIpc) is 3.40. The maximum absolute atomic E-state index is 13.2. The van der Waals surface area contributed by atoms with Gasteiger partial charge in [0, 0.05) is 50.3 Å². The first-order valence-electron chi connectivity index (χ1n) is 11.5. The number of fused-ring (bicyclic) bond motifs is 2. The van der Waals surface area contributed by atoms with Crippen LogP contribution in [-0.2, 0) is 31.4 Å². The molecule has 1 aromatic carbocycles. The van der Waals surface area contributed by atoms with Crippen LogP contribution in [0.4, 0.5) is 0 Å². The van der Waals surface area contributed by atoms with Crippen LogP contribution in [0.3, 0.4) is 0 Å². The Morgan fingerprint density at radius 3 is 2.66 bits per heavy atom. The molecule has 2 amide bonds. The van der Waals surface area contributed by atoms with Gasteiger partial charge >= 0.3 is 0 Å². The van der Waals surface area contributed by atoms with E-state index in [1.54, 1.807) is 4.68 Å². The third kappa shape index (κ3) is 4.45. The van der Waals surface area contributed by atoms with Gasteiger partial charge in [-0.3, -0.25) is 14.3 Å². The van der Waals surface area contributed by atoms with Crippen LogP contribution in [0.2, 0.25) is 0 Å². The van der Waals surface area contributed by atoms with E-state index in [1.807, 2.05) is 30.1 Å². The molecule has 0 fully saturated rings. The number of carbonyl (C=O) groups is 2. The molecule has 3 heterocycles. The number of hydrogen-bond acceptors (Lipinski definition) is 5. The van der Waals surface area contributed by atoms with Crippen molar-refractivity contribution in [2.24, 2.45) is 13.0 Å². The van der Waals surface area contributed by atoms with E-state index >= 15 is 0 Å². The second kappa shape index (κ2) is 9.63. The van der Waals surface area contributed by atoms with Gasteiger partial charge in [0.1, 0.15) is 0 Å². The Bertz CT molecular complexity index is 994. The van der Waals surface area contributed by atoms with Crippen LogP contribution < -0.4 is 14.8 Å². The molecule has 0 unspecified atom stereocenters. The van der Waals surface area contributed by atoms with Crippen molar-refractivity contribution < 1.29 is 19.1 Å². The number of aryl methyl sites for hydroxylation is 1. The van der Waals surface area contributed by atoms with Crippen molar-refractivity contribution >= 4 is 11.8 Å². The molecule has 0 aliphatic carbocycles. The molecule has 8 heteroatoms. The van der Waals surface area contributed by atoms with E-state index < -0.39 is 0 Å². The molecule has 1 N–H and O–H groups in total. The minimum atomic E-state index is -0.229. The Balaban J connectivity index is 1.46. The summed E-state index contributed by atoms with van der Waals surface area (Å²) in [4.78, 5) is 28.1. The minimum absolute atomic E-state index is 0.0616. The highest BCUT2D eigenvalue weighted by molar-refractivity contribution is 5.94. The number of nitrogens with zero attached hydrogens (tertiary/aromatic N) is 3. The third-order valence-corrected chi connectivity index (χ3v) is 6.28. The van der Waals surface area contributed by atoms with E-state index in [0.717, 1.165) is 42.5 Å². The van der Waals surface area contributed by atoms with E-state index in [9.17, 15) is 9.59 Å². The number of nitrogens with one attached hydrogen (secondary N) is 1. The molecule has 0 atom stereocenters. The normalized spacial score (nSPS) is 14.6. The molecule has 1 aromatic heterocycles. The first kappa shape index (κ1) is 22.2. The SMILES string of the molecule is CCCC(CCC)C(=O)N1CCc2c(c(C(=O)NCc3ccc4c(c3)OCO4)nn2C)C1. The molecule has 0 bridgehead atoms. The lowest BCUT2D eigenvalue weighted by atomic mass is 9.95. The predicted octanol–water partition coefficient (Wildman–Crippen LogP) is 3.18. The van der Waals surface area contributed by atoms with Gasteiger partial charge in [0.15, 0.2) is 17.2 Å². The second-order valence-electron chi connectivity index (χ2n) is 8.55. The zero-order valence-electron chi connectivity index (χ0n) is 19.1. The summed E-state index contributed by atoms with van der Waals surface area (Å²) in [6, 6.07) is 5.63. The number of amides is 2. The fraction of sp³-hybridized carbons (Fsp3) is 0.542. The summed E-state index contributed by atoms with van der Waals surface area (Å²) >= 11 is 0. The summed E-state index contributed by atoms with van der Waals surface area (Å²) in [5.41, 5.74) is 3.22. The van der Waals surface area contributed by atoms with Crippen LogP contribution in [-0.4, -0.2) is 39.8 Å². The van der Waals surface area contributed by atoms with Crippen molar-refractivity contribution in [1.82, 2.24) is 20.0 Å². The molecule has 172 valence electrons. The van der Waals surface area contributed by atoms with Gasteiger partial charge < -0.3 is 19.7 Å². The Labute approximate surface area is 188 Å². The van der Waals surface area contributed by atoms with Crippen molar-refractivity contribution in [1.29, 1.82) is 0 Å². The largest absolute Gasteiger partial charge is 0.454 e. The second-order valence-corrected chi connectivity index (χ2v) is 8.55. The zero-order valence-corrected chi connectivity index (χ0v) is 19.1. The molecular formula is C24H32N4O4. The van der Waals surface area contributed by atoms with Crippen LogP contribution in [0.5, 0.6) is 11.5 Å². The van der Waals surface area contributed by atoms with Crippen molar-refractivity contribution in [3.8, 4) is 11.5 Å². The minimum Gasteiger partial charge on any atom is -0.454 e. The van der Waals surface area contributed by atoms with Crippen molar-refractivity contribution in [3.05, 3.63) is 40.7 Å². The summed E-state index contributed by atoms with van der Waals surface area (Å²) in [6.45, 7) is 5.94. The van der Waals surface area contributed by atoms with Gasteiger partial charge in [0.2, 0.25) is 12.7 Å². The Hall–Kier alpha value is -3.03. The maximum Gasteiger partial charge on any atom is 0.272 e. The van der Waals surface area contributed by atoms with Crippen LogP contribution >= 0.6 is 0 Å². The van der Waals surface area contributed by atoms with Crippen LogP contribution in [0.25, 0.3) is 0 Å². The fourth-order valence-corrected chi connectivity index (χ4v) is 4.63. The van der Waals surface area contributed by atoms with E-state index in [1.165, 1.54) is 0 Å². The summed E-state index contributed by atoms with van der Waals surface area (Å²) < 4.78 is 12.5. The molecule has 8 nitrogen and oxygen atoms in total. The summed E-state index contributed by atoms with van der Waals surface area (Å²) in [6.07, 6.45) is 4.52. The van der Waals surface area contributed by atoms with Crippen LogP contribution in [0.15, 0.2) is 18.2 Å². The van der Waals surface area contributed by atoms with Gasteiger partial charge in [0.25, 0.3) is 5.91 Å². The number of hydrogen-bond donors (Lipinski definition) is 1. The smallest absolute Gasteiger partial charge is 0.272 e. The quantitative estimate of drug-likeness (QED) is 0.681. The number of benzene rings is 1. The Morgan fingerprint density at radius 2 is 1.91 bits per heavy atom. The predicted molar refractivity (Wildman–Crippen MR) is 119 cm³/mol. The van der Waals surface area contributed by atoms with Gasteiger partial charge in [-0.2, -0.15) is 5.10 Å². The van der Waals surface area contributed by atoms with Crippen LogP contribution in [0.1, 0.15) is 66.8 Å². The fourth-order valence-electron chi connectivity index (χ4n) is 4.63. The first-order chi connectivity index (χ1) is 15.5. The highest BCUT2D eigenvalue weighted by Crippen LogP contribution is 2.32. The Morgan fingerprint density at radius 1 is 1.16 bits per heavy atom. The molecule has 2 aliphatic heterocycles. The Kier molecular flexibility index (Phi) is 6.67. The highest BCUT2D eigenvalue weighted by Gasteiger charge is 2.31. The van der Waals surface area contributed by atoms with Gasteiger partial charge in [-0.25, -0.2) is 0 Å². The summed E-state index contributed by atoms with van der Waals surface area (Å²) in [7, 11) is 1.86. The molecule has 0 spiro atoms. The molecule has 2 aliphatic rings. The molecule has 4 rings (SSSR count). The maximum atomic E-state index is 13.2. The monoisotopic (exact) mass is 440 g/mol.